The lowest BCUT2D eigenvalue weighted by Gasteiger charge is -2.21. The molecule has 2 fully saturated rings. The molecule has 0 amide bonds. The first-order chi connectivity index (χ1) is 10.3. The zero-order valence-electron chi connectivity index (χ0n) is 13.4. The van der Waals surface area contributed by atoms with E-state index >= 15 is 0 Å². The predicted molar refractivity (Wildman–Crippen MR) is 87.5 cm³/mol. The summed E-state index contributed by atoms with van der Waals surface area (Å²) in [5.74, 6) is 0. The van der Waals surface area contributed by atoms with Crippen molar-refractivity contribution >= 4 is 0 Å². The summed E-state index contributed by atoms with van der Waals surface area (Å²) in [7, 11) is 0. The van der Waals surface area contributed by atoms with Crippen LogP contribution in [-0.4, -0.2) is 22.4 Å². The summed E-state index contributed by atoms with van der Waals surface area (Å²) in [6.07, 6.45) is 16.2. The Morgan fingerprint density at radius 2 is 2.10 bits per heavy atom. The van der Waals surface area contributed by atoms with Crippen LogP contribution in [0.1, 0.15) is 70.0 Å². The van der Waals surface area contributed by atoms with E-state index in [0.717, 1.165) is 25.4 Å². The summed E-state index contributed by atoms with van der Waals surface area (Å²) in [5, 5.41) is 8.36. The fourth-order valence-electron chi connectivity index (χ4n) is 3.27. The highest BCUT2D eigenvalue weighted by Crippen LogP contribution is 2.27. The molecule has 0 bridgehead atoms. The van der Waals surface area contributed by atoms with Crippen molar-refractivity contribution < 1.29 is 0 Å². The average Bonchev–Trinajstić information content (AvgIpc) is 3.22. The van der Waals surface area contributed by atoms with Crippen molar-refractivity contribution in [2.45, 2.75) is 76.8 Å². The van der Waals surface area contributed by atoms with Gasteiger partial charge in [-0.25, -0.2) is 0 Å². The predicted octanol–water partition coefficient (Wildman–Crippen LogP) is 4.02. The number of allylic oxidation sites excluding steroid dienone is 1. The number of nitrogens with one attached hydrogen (secondary N) is 1. The maximum absolute atomic E-state index is 4.80. The summed E-state index contributed by atoms with van der Waals surface area (Å²) < 4.78 is 2.22. The van der Waals surface area contributed by atoms with Gasteiger partial charge in [0, 0.05) is 18.7 Å². The second kappa shape index (κ2) is 7.26. The molecule has 0 aromatic carbocycles. The van der Waals surface area contributed by atoms with Gasteiger partial charge in [0.2, 0.25) is 0 Å². The van der Waals surface area contributed by atoms with Crippen molar-refractivity contribution in [1.82, 2.24) is 15.1 Å². The number of aromatic nitrogens is 2. The summed E-state index contributed by atoms with van der Waals surface area (Å²) in [6, 6.07) is 3.68. The molecule has 0 atom stereocenters. The maximum atomic E-state index is 4.80. The summed E-state index contributed by atoms with van der Waals surface area (Å²) in [4.78, 5) is 0. The molecule has 1 aromatic heterocycles. The number of nitrogens with zero attached hydrogens (tertiary/aromatic N) is 2. The van der Waals surface area contributed by atoms with Gasteiger partial charge in [0.15, 0.2) is 0 Å². The third kappa shape index (κ3) is 4.70. The van der Waals surface area contributed by atoms with E-state index in [9.17, 15) is 0 Å². The quantitative estimate of drug-likeness (QED) is 0.606. The maximum Gasteiger partial charge on any atom is 0.0664 e. The van der Waals surface area contributed by atoms with E-state index in [-0.39, 0.29) is 0 Å². The number of rotatable bonds is 7. The molecule has 21 heavy (non-hydrogen) atoms. The van der Waals surface area contributed by atoms with E-state index in [1.807, 2.05) is 0 Å². The van der Waals surface area contributed by atoms with E-state index in [2.05, 4.69) is 35.3 Å². The Morgan fingerprint density at radius 1 is 1.29 bits per heavy atom. The molecule has 2 aliphatic rings. The first-order valence-electron chi connectivity index (χ1n) is 8.74. The van der Waals surface area contributed by atoms with E-state index in [0.29, 0.717) is 6.04 Å². The highest BCUT2D eigenvalue weighted by atomic mass is 15.3. The van der Waals surface area contributed by atoms with Gasteiger partial charge >= 0.3 is 0 Å². The van der Waals surface area contributed by atoms with Crippen molar-refractivity contribution in [3.05, 3.63) is 29.6 Å². The zero-order chi connectivity index (χ0) is 14.5. The van der Waals surface area contributed by atoms with Crippen LogP contribution < -0.4 is 5.32 Å². The second-order valence-corrected chi connectivity index (χ2v) is 6.82. The van der Waals surface area contributed by atoms with Crippen LogP contribution in [0.3, 0.4) is 0 Å². The molecule has 1 N–H and O–H groups in total. The van der Waals surface area contributed by atoms with E-state index in [1.165, 1.54) is 56.2 Å². The first kappa shape index (κ1) is 14.8. The van der Waals surface area contributed by atoms with Crippen LogP contribution in [0, 0.1) is 0 Å². The van der Waals surface area contributed by atoms with Gasteiger partial charge in [0.1, 0.15) is 0 Å². The third-order valence-electron chi connectivity index (χ3n) is 4.72. The standard InChI is InChI=1S/C18H29N3/c1-15(6-5-12-19-16-9-10-16)14-17-11-13-21(20-17)18-7-3-2-4-8-18/h6,11,13,16,18-19H,2-5,7-10,12,14H2,1H3. The molecule has 2 aliphatic carbocycles. The van der Waals surface area contributed by atoms with Crippen LogP contribution >= 0.6 is 0 Å². The SMILES string of the molecule is CC(=CCCNC1CC1)Cc1ccn(C2CCCCC2)n1. The summed E-state index contributed by atoms with van der Waals surface area (Å²) in [5.41, 5.74) is 2.67. The first-order valence-corrected chi connectivity index (χ1v) is 8.74. The minimum Gasteiger partial charge on any atom is -0.314 e. The molecule has 3 rings (SSSR count). The fraction of sp³-hybridized carbons (Fsp3) is 0.722. The van der Waals surface area contributed by atoms with Crippen molar-refractivity contribution in [2.24, 2.45) is 0 Å². The lowest BCUT2D eigenvalue weighted by atomic mass is 9.96. The molecule has 0 radical (unpaired) electrons. The molecule has 2 saturated carbocycles. The topological polar surface area (TPSA) is 29.9 Å². The molecule has 0 aliphatic heterocycles. The monoisotopic (exact) mass is 287 g/mol. The average molecular weight is 287 g/mol. The van der Waals surface area contributed by atoms with Crippen LogP contribution in [-0.2, 0) is 6.42 Å². The van der Waals surface area contributed by atoms with Crippen molar-refractivity contribution in [1.29, 1.82) is 0 Å². The lowest BCUT2D eigenvalue weighted by molar-refractivity contribution is 0.328. The largest absolute Gasteiger partial charge is 0.314 e. The van der Waals surface area contributed by atoms with Gasteiger partial charge in [0.05, 0.1) is 11.7 Å². The van der Waals surface area contributed by atoms with Crippen LogP contribution in [0.2, 0.25) is 0 Å². The van der Waals surface area contributed by atoms with E-state index in [4.69, 9.17) is 5.10 Å². The Kier molecular flexibility index (Phi) is 5.13. The molecule has 0 spiro atoms. The highest BCUT2D eigenvalue weighted by molar-refractivity contribution is 5.12. The molecule has 116 valence electrons. The molecular formula is C18H29N3. The highest BCUT2D eigenvalue weighted by Gasteiger charge is 2.19. The Labute approximate surface area is 128 Å². The van der Waals surface area contributed by atoms with Crippen LogP contribution in [0.4, 0.5) is 0 Å². The van der Waals surface area contributed by atoms with Crippen LogP contribution in [0.5, 0.6) is 0 Å². The smallest absolute Gasteiger partial charge is 0.0664 e. The van der Waals surface area contributed by atoms with E-state index < -0.39 is 0 Å². The van der Waals surface area contributed by atoms with Crippen molar-refractivity contribution in [3.63, 3.8) is 0 Å². The summed E-state index contributed by atoms with van der Waals surface area (Å²) >= 11 is 0. The molecule has 3 heteroatoms. The number of hydrogen-bond acceptors (Lipinski definition) is 2. The molecule has 0 unspecified atom stereocenters. The fourth-order valence-corrected chi connectivity index (χ4v) is 3.27. The van der Waals surface area contributed by atoms with Crippen LogP contribution in [0.15, 0.2) is 23.9 Å². The molecule has 3 nitrogen and oxygen atoms in total. The zero-order valence-corrected chi connectivity index (χ0v) is 13.4. The Bertz CT molecular complexity index is 465. The van der Waals surface area contributed by atoms with Gasteiger partial charge in [-0.3, -0.25) is 4.68 Å². The minimum absolute atomic E-state index is 0.652. The van der Waals surface area contributed by atoms with Crippen LogP contribution in [0.25, 0.3) is 0 Å². The second-order valence-electron chi connectivity index (χ2n) is 6.82. The molecule has 1 heterocycles. The lowest BCUT2D eigenvalue weighted by Crippen LogP contribution is -2.16. The Balaban J connectivity index is 1.45. The normalized spacial score (nSPS) is 20.9. The van der Waals surface area contributed by atoms with Gasteiger partial charge in [-0.2, -0.15) is 5.10 Å². The van der Waals surface area contributed by atoms with Gasteiger partial charge < -0.3 is 5.32 Å². The van der Waals surface area contributed by atoms with Crippen molar-refractivity contribution in [2.75, 3.05) is 6.54 Å². The van der Waals surface area contributed by atoms with Gasteiger partial charge in [-0.05, 0) is 51.6 Å². The van der Waals surface area contributed by atoms with E-state index in [1.54, 1.807) is 0 Å². The van der Waals surface area contributed by atoms with Gasteiger partial charge in [-0.1, -0.05) is 30.9 Å². The minimum atomic E-state index is 0.652. The van der Waals surface area contributed by atoms with Gasteiger partial charge in [0.25, 0.3) is 0 Å². The molecular weight excluding hydrogens is 258 g/mol. The number of hydrogen-bond donors (Lipinski definition) is 1. The molecule has 1 aromatic rings. The van der Waals surface area contributed by atoms with Gasteiger partial charge in [-0.15, -0.1) is 0 Å². The molecule has 0 saturated heterocycles. The Morgan fingerprint density at radius 3 is 2.86 bits per heavy atom. The summed E-state index contributed by atoms with van der Waals surface area (Å²) in [6.45, 7) is 3.36. The van der Waals surface area contributed by atoms with Crippen molar-refractivity contribution in [3.8, 4) is 0 Å². The Hall–Kier alpha value is -1.09. The third-order valence-corrected chi connectivity index (χ3v) is 4.72.